The van der Waals surface area contributed by atoms with E-state index in [9.17, 15) is 23.1 Å². The molecule has 4 nitrogen and oxygen atoms in total. The molecule has 1 aromatic carbocycles. The maximum absolute atomic E-state index is 12.8. The lowest BCUT2D eigenvalue weighted by atomic mass is 9.60. The number of alkyl halides is 3. The minimum absolute atomic E-state index is 0.0534. The van der Waals surface area contributed by atoms with Gasteiger partial charge in [0, 0.05) is 37.5 Å². The van der Waals surface area contributed by atoms with E-state index in [2.05, 4.69) is 0 Å². The molecule has 148 valence electrons. The van der Waals surface area contributed by atoms with Gasteiger partial charge in [0.1, 0.15) is 0 Å². The van der Waals surface area contributed by atoms with Gasteiger partial charge in [-0.05, 0) is 18.4 Å². The fourth-order valence-corrected chi connectivity index (χ4v) is 5.06. The predicted octanol–water partition coefficient (Wildman–Crippen LogP) is 2.78. The highest BCUT2D eigenvalue weighted by Crippen LogP contribution is 2.54. The molecule has 4 rings (SSSR count). The zero-order chi connectivity index (χ0) is 19.2. The van der Waals surface area contributed by atoms with Gasteiger partial charge in [0.05, 0.1) is 18.6 Å². The SMILES string of the molecule is O=C(C1CCC1)N1CC2(C1)[C@H](c1ccccc1)[C@H](CO)N2CCC(F)(F)F. The van der Waals surface area contributed by atoms with E-state index in [-0.39, 0.29) is 36.9 Å². The number of benzene rings is 1. The third-order valence-electron chi connectivity index (χ3n) is 6.61. The lowest BCUT2D eigenvalue weighted by Crippen LogP contribution is -2.85. The van der Waals surface area contributed by atoms with E-state index in [0.717, 1.165) is 24.8 Å². The first-order chi connectivity index (χ1) is 12.9. The molecular formula is C20H25F3N2O2. The molecule has 0 aromatic heterocycles. The quantitative estimate of drug-likeness (QED) is 0.852. The van der Waals surface area contributed by atoms with Gasteiger partial charge in [-0.15, -0.1) is 0 Å². The maximum atomic E-state index is 12.8. The second-order valence-electron chi connectivity index (χ2n) is 8.12. The van der Waals surface area contributed by atoms with Gasteiger partial charge in [-0.25, -0.2) is 0 Å². The van der Waals surface area contributed by atoms with Crippen molar-refractivity contribution in [1.82, 2.24) is 9.80 Å². The van der Waals surface area contributed by atoms with Crippen LogP contribution in [0.25, 0.3) is 0 Å². The Labute approximate surface area is 156 Å². The molecule has 1 spiro atoms. The fourth-order valence-electron chi connectivity index (χ4n) is 5.06. The summed E-state index contributed by atoms with van der Waals surface area (Å²) in [6.45, 7) is 0.589. The monoisotopic (exact) mass is 382 g/mol. The molecule has 0 bridgehead atoms. The molecule has 1 amide bonds. The molecule has 2 aliphatic heterocycles. The van der Waals surface area contributed by atoms with Crippen molar-refractivity contribution in [2.24, 2.45) is 5.92 Å². The molecule has 3 fully saturated rings. The number of nitrogens with zero attached hydrogens (tertiary/aromatic N) is 2. The first kappa shape index (κ1) is 18.7. The minimum Gasteiger partial charge on any atom is -0.395 e. The van der Waals surface area contributed by atoms with Crippen LogP contribution in [-0.4, -0.2) is 64.8 Å². The number of amides is 1. The molecular weight excluding hydrogens is 357 g/mol. The normalized spacial score (nSPS) is 27.8. The van der Waals surface area contributed by atoms with Gasteiger partial charge in [0.2, 0.25) is 5.91 Å². The Bertz CT molecular complexity index is 684. The summed E-state index contributed by atoms with van der Waals surface area (Å²) in [6, 6.07) is 9.31. The molecule has 0 unspecified atom stereocenters. The van der Waals surface area contributed by atoms with Crippen LogP contribution in [0.1, 0.15) is 37.2 Å². The van der Waals surface area contributed by atoms with Crippen molar-refractivity contribution in [3.8, 4) is 0 Å². The van der Waals surface area contributed by atoms with Gasteiger partial charge in [0.25, 0.3) is 0 Å². The van der Waals surface area contributed by atoms with Crippen LogP contribution >= 0.6 is 0 Å². The molecule has 7 heteroatoms. The maximum Gasteiger partial charge on any atom is 0.390 e. The number of rotatable bonds is 5. The van der Waals surface area contributed by atoms with Crippen molar-refractivity contribution in [2.45, 2.75) is 49.4 Å². The number of halogens is 3. The van der Waals surface area contributed by atoms with Gasteiger partial charge in [-0.2, -0.15) is 13.2 Å². The Morgan fingerprint density at radius 1 is 1.19 bits per heavy atom. The van der Waals surface area contributed by atoms with Gasteiger partial charge in [-0.1, -0.05) is 36.8 Å². The Kier molecular flexibility index (Phi) is 4.71. The number of hydrogen-bond donors (Lipinski definition) is 1. The molecule has 1 aromatic rings. The van der Waals surface area contributed by atoms with Crippen molar-refractivity contribution in [3.63, 3.8) is 0 Å². The zero-order valence-electron chi connectivity index (χ0n) is 15.2. The van der Waals surface area contributed by atoms with Crippen LogP contribution in [0.3, 0.4) is 0 Å². The van der Waals surface area contributed by atoms with Crippen LogP contribution in [0.15, 0.2) is 30.3 Å². The van der Waals surface area contributed by atoms with Crippen molar-refractivity contribution in [3.05, 3.63) is 35.9 Å². The summed E-state index contributed by atoms with van der Waals surface area (Å²) >= 11 is 0. The van der Waals surface area contributed by atoms with Gasteiger partial charge < -0.3 is 10.0 Å². The molecule has 2 saturated heterocycles. The number of carbonyl (C=O) groups is 1. The Hall–Kier alpha value is -1.60. The highest BCUT2D eigenvalue weighted by molar-refractivity contribution is 5.81. The van der Waals surface area contributed by atoms with E-state index >= 15 is 0 Å². The summed E-state index contributed by atoms with van der Waals surface area (Å²) < 4.78 is 38.4. The Morgan fingerprint density at radius 3 is 2.37 bits per heavy atom. The smallest absolute Gasteiger partial charge is 0.390 e. The second kappa shape index (κ2) is 6.78. The van der Waals surface area contributed by atoms with Crippen molar-refractivity contribution in [2.75, 3.05) is 26.2 Å². The first-order valence-corrected chi connectivity index (χ1v) is 9.64. The number of aliphatic hydroxyl groups is 1. The van der Waals surface area contributed by atoms with Crippen LogP contribution in [0.4, 0.5) is 13.2 Å². The summed E-state index contributed by atoms with van der Waals surface area (Å²) in [4.78, 5) is 16.1. The molecule has 1 aliphatic carbocycles. The largest absolute Gasteiger partial charge is 0.395 e. The second-order valence-corrected chi connectivity index (χ2v) is 8.12. The lowest BCUT2D eigenvalue weighted by Gasteiger charge is -2.71. The van der Waals surface area contributed by atoms with Crippen LogP contribution in [-0.2, 0) is 4.79 Å². The van der Waals surface area contributed by atoms with Crippen LogP contribution < -0.4 is 0 Å². The lowest BCUT2D eigenvalue weighted by molar-refractivity contribution is -0.212. The van der Waals surface area contributed by atoms with Gasteiger partial charge in [0.15, 0.2) is 0 Å². The molecule has 0 radical (unpaired) electrons. The Morgan fingerprint density at radius 2 is 1.85 bits per heavy atom. The van der Waals surface area contributed by atoms with Crippen molar-refractivity contribution < 1.29 is 23.1 Å². The number of likely N-dealkylation sites (tertiary alicyclic amines) is 2. The number of carbonyl (C=O) groups excluding carboxylic acids is 1. The van der Waals surface area contributed by atoms with Crippen LogP contribution in [0.5, 0.6) is 0 Å². The fraction of sp³-hybridized carbons (Fsp3) is 0.650. The molecule has 1 N–H and O–H groups in total. The molecule has 2 heterocycles. The van der Waals surface area contributed by atoms with Gasteiger partial charge >= 0.3 is 6.18 Å². The zero-order valence-corrected chi connectivity index (χ0v) is 15.2. The van der Waals surface area contributed by atoms with Crippen LogP contribution in [0.2, 0.25) is 0 Å². The summed E-state index contributed by atoms with van der Waals surface area (Å²) in [5.74, 6) is 0.180. The summed E-state index contributed by atoms with van der Waals surface area (Å²) in [7, 11) is 0. The molecule has 1 saturated carbocycles. The average molecular weight is 382 g/mol. The summed E-state index contributed by atoms with van der Waals surface area (Å²) in [5, 5.41) is 9.88. The van der Waals surface area contributed by atoms with E-state index in [1.165, 1.54) is 0 Å². The number of hydrogen-bond acceptors (Lipinski definition) is 3. The standard InChI is InChI=1S/C20H25F3N2O2/c21-20(22,23)9-10-25-16(11-26)17(14-5-2-1-3-6-14)19(25)12-24(13-19)18(27)15-7-4-8-15/h1-3,5-6,15-17,26H,4,7-13H2/t16-,17+/m0/s1. The summed E-state index contributed by atoms with van der Waals surface area (Å²) in [5.41, 5.74) is 0.537. The van der Waals surface area contributed by atoms with E-state index in [1.54, 1.807) is 9.80 Å². The number of aliphatic hydroxyl groups excluding tert-OH is 1. The summed E-state index contributed by atoms with van der Waals surface area (Å²) in [6.07, 6.45) is -2.22. The minimum atomic E-state index is -4.23. The third-order valence-corrected chi connectivity index (χ3v) is 6.61. The van der Waals surface area contributed by atoms with E-state index in [4.69, 9.17) is 0 Å². The van der Waals surface area contributed by atoms with Crippen molar-refractivity contribution >= 4 is 5.91 Å². The van der Waals surface area contributed by atoms with Crippen LogP contribution in [0, 0.1) is 5.92 Å². The Balaban J connectivity index is 1.54. The topological polar surface area (TPSA) is 43.8 Å². The highest BCUT2D eigenvalue weighted by Gasteiger charge is 2.66. The molecule has 27 heavy (non-hydrogen) atoms. The van der Waals surface area contributed by atoms with Crippen molar-refractivity contribution in [1.29, 1.82) is 0 Å². The van der Waals surface area contributed by atoms with E-state index in [1.807, 2.05) is 30.3 Å². The third kappa shape index (κ3) is 3.14. The van der Waals surface area contributed by atoms with E-state index < -0.39 is 18.1 Å². The highest BCUT2D eigenvalue weighted by atomic mass is 19.4. The molecule has 2 atom stereocenters. The average Bonchev–Trinajstić information content (AvgIpc) is 2.51. The van der Waals surface area contributed by atoms with E-state index in [0.29, 0.717) is 13.1 Å². The van der Waals surface area contributed by atoms with Gasteiger partial charge in [-0.3, -0.25) is 9.69 Å². The predicted molar refractivity (Wildman–Crippen MR) is 94.1 cm³/mol. The first-order valence-electron chi connectivity index (χ1n) is 9.64. The molecule has 3 aliphatic rings.